The van der Waals surface area contributed by atoms with Crippen LogP contribution < -0.4 is 5.73 Å². The van der Waals surface area contributed by atoms with Gasteiger partial charge in [-0.1, -0.05) is 6.07 Å². The number of aromatic nitrogens is 1. The molecule has 86 valence electrons. The van der Waals surface area contributed by atoms with Crippen LogP contribution in [0.4, 0.5) is 0 Å². The molecule has 1 aromatic rings. The zero-order valence-corrected chi connectivity index (χ0v) is 9.68. The maximum Gasteiger partial charge on any atom is 0.244 e. The van der Waals surface area contributed by atoms with Gasteiger partial charge in [0.1, 0.15) is 5.54 Å². The van der Waals surface area contributed by atoms with E-state index in [2.05, 4.69) is 11.9 Å². The summed E-state index contributed by atoms with van der Waals surface area (Å²) in [6.07, 6.45) is 3.42. The van der Waals surface area contributed by atoms with E-state index in [4.69, 9.17) is 5.73 Å². The lowest BCUT2D eigenvalue weighted by atomic mass is 9.91. The molecule has 1 aliphatic heterocycles. The van der Waals surface area contributed by atoms with E-state index in [-0.39, 0.29) is 5.91 Å². The van der Waals surface area contributed by atoms with E-state index in [0.717, 1.165) is 18.5 Å². The smallest absolute Gasteiger partial charge is 0.244 e. The second kappa shape index (κ2) is 3.87. The topological polar surface area (TPSA) is 59.2 Å². The van der Waals surface area contributed by atoms with Crippen LogP contribution in [0.15, 0.2) is 24.4 Å². The van der Waals surface area contributed by atoms with Crippen LogP contribution in [-0.4, -0.2) is 28.9 Å². The highest BCUT2D eigenvalue weighted by Gasteiger charge is 2.49. The molecule has 2 heterocycles. The molecule has 2 unspecified atom stereocenters. The van der Waals surface area contributed by atoms with E-state index in [1.807, 2.05) is 30.1 Å². The normalized spacial score (nSPS) is 30.5. The van der Waals surface area contributed by atoms with Crippen molar-refractivity contribution < 1.29 is 4.79 Å². The molecule has 16 heavy (non-hydrogen) atoms. The maximum absolute atomic E-state index is 11.8. The fraction of sp³-hybridized carbons (Fsp3) is 0.500. The van der Waals surface area contributed by atoms with Crippen LogP contribution in [0.25, 0.3) is 0 Å². The first-order valence-electron chi connectivity index (χ1n) is 5.53. The molecule has 1 fully saturated rings. The Kier molecular flexibility index (Phi) is 2.68. The number of primary amides is 1. The summed E-state index contributed by atoms with van der Waals surface area (Å²) in [7, 11) is 1.94. The molecule has 0 radical (unpaired) electrons. The van der Waals surface area contributed by atoms with Gasteiger partial charge in [-0.3, -0.25) is 14.7 Å². The molecule has 2 N–H and O–H groups in total. The Bertz CT molecular complexity index is 393. The lowest BCUT2D eigenvalue weighted by molar-refractivity contribution is -0.129. The maximum atomic E-state index is 11.8. The first-order valence-corrected chi connectivity index (χ1v) is 5.53. The summed E-state index contributed by atoms with van der Waals surface area (Å²) in [6, 6.07) is 5.97. The van der Waals surface area contributed by atoms with Gasteiger partial charge in [0.2, 0.25) is 5.91 Å². The Balaban J connectivity index is 2.50. The third-order valence-electron chi connectivity index (χ3n) is 3.68. The number of likely N-dealkylation sites (tertiary alicyclic amines) is 1. The average molecular weight is 219 g/mol. The van der Waals surface area contributed by atoms with Crippen molar-refractivity contribution in [2.75, 3.05) is 7.05 Å². The van der Waals surface area contributed by atoms with E-state index in [0.29, 0.717) is 6.04 Å². The highest BCUT2D eigenvalue weighted by atomic mass is 16.1. The SMILES string of the molecule is CC1CCC(C(N)=O)(c2ccccn2)N1C. The van der Waals surface area contributed by atoms with Gasteiger partial charge in [0.05, 0.1) is 5.69 Å². The van der Waals surface area contributed by atoms with Crippen LogP contribution in [0.1, 0.15) is 25.5 Å². The molecular formula is C12H17N3O. The number of hydrogen-bond acceptors (Lipinski definition) is 3. The zero-order chi connectivity index (χ0) is 11.8. The molecule has 2 atom stereocenters. The number of nitrogens with zero attached hydrogens (tertiary/aromatic N) is 2. The fourth-order valence-corrected chi connectivity index (χ4v) is 2.50. The highest BCUT2D eigenvalue weighted by molar-refractivity contribution is 5.86. The minimum Gasteiger partial charge on any atom is -0.368 e. The van der Waals surface area contributed by atoms with Crippen molar-refractivity contribution in [2.24, 2.45) is 5.73 Å². The van der Waals surface area contributed by atoms with Crippen molar-refractivity contribution in [1.29, 1.82) is 0 Å². The van der Waals surface area contributed by atoms with Gasteiger partial charge in [0, 0.05) is 12.2 Å². The van der Waals surface area contributed by atoms with Gasteiger partial charge in [-0.25, -0.2) is 0 Å². The first-order chi connectivity index (χ1) is 7.59. The lowest BCUT2D eigenvalue weighted by Crippen LogP contribution is -2.51. The van der Waals surface area contributed by atoms with Crippen molar-refractivity contribution in [3.8, 4) is 0 Å². The zero-order valence-electron chi connectivity index (χ0n) is 9.68. The van der Waals surface area contributed by atoms with E-state index in [1.165, 1.54) is 0 Å². The molecule has 0 spiro atoms. The fourth-order valence-electron chi connectivity index (χ4n) is 2.50. The van der Waals surface area contributed by atoms with Crippen molar-refractivity contribution in [1.82, 2.24) is 9.88 Å². The van der Waals surface area contributed by atoms with Gasteiger partial charge < -0.3 is 5.73 Å². The van der Waals surface area contributed by atoms with Gasteiger partial charge in [0.15, 0.2) is 0 Å². The molecule has 4 heteroatoms. The Morgan fingerprint density at radius 3 is 2.81 bits per heavy atom. The number of amides is 1. The summed E-state index contributed by atoms with van der Waals surface area (Å²) >= 11 is 0. The number of likely N-dealkylation sites (N-methyl/N-ethyl adjacent to an activating group) is 1. The van der Waals surface area contributed by atoms with Crippen LogP contribution in [0, 0.1) is 0 Å². The number of nitrogens with two attached hydrogens (primary N) is 1. The molecule has 0 aromatic carbocycles. The van der Waals surface area contributed by atoms with Gasteiger partial charge in [-0.05, 0) is 38.9 Å². The average Bonchev–Trinajstić information content (AvgIpc) is 2.59. The van der Waals surface area contributed by atoms with Crippen LogP contribution >= 0.6 is 0 Å². The summed E-state index contributed by atoms with van der Waals surface area (Å²) in [5, 5.41) is 0. The summed E-state index contributed by atoms with van der Waals surface area (Å²) in [5.74, 6) is -0.307. The molecule has 1 saturated heterocycles. The Morgan fingerprint density at radius 1 is 1.62 bits per heavy atom. The summed E-state index contributed by atoms with van der Waals surface area (Å²) in [4.78, 5) is 18.2. The van der Waals surface area contributed by atoms with E-state index in [9.17, 15) is 4.79 Å². The molecule has 1 amide bonds. The molecule has 2 rings (SSSR count). The molecule has 0 bridgehead atoms. The number of pyridine rings is 1. The van der Waals surface area contributed by atoms with Crippen molar-refractivity contribution in [3.63, 3.8) is 0 Å². The predicted molar refractivity (Wildman–Crippen MR) is 61.6 cm³/mol. The molecule has 0 saturated carbocycles. The minimum absolute atomic E-state index is 0.307. The van der Waals surface area contributed by atoms with E-state index in [1.54, 1.807) is 6.20 Å². The Labute approximate surface area is 95.5 Å². The number of carbonyl (C=O) groups is 1. The minimum atomic E-state index is -0.722. The largest absolute Gasteiger partial charge is 0.368 e. The lowest BCUT2D eigenvalue weighted by Gasteiger charge is -2.34. The van der Waals surface area contributed by atoms with E-state index < -0.39 is 5.54 Å². The Morgan fingerprint density at radius 2 is 2.38 bits per heavy atom. The summed E-state index contributed by atoms with van der Waals surface area (Å²) in [6.45, 7) is 2.10. The van der Waals surface area contributed by atoms with Crippen LogP contribution in [0.2, 0.25) is 0 Å². The number of hydrogen-bond donors (Lipinski definition) is 1. The van der Waals surface area contributed by atoms with Crippen molar-refractivity contribution in [2.45, 2.75) is 31.3 Å². The standard InChI is InChI=1S/C12H17N3O/c1-9-6-7-12(11(13)16,15(9)2)10-5-3-4-8-14-10/h3-5,8-9H,6-7H2,1-2H3,(H2,13,16). The van der Waals surface area contributed by atoms with Crippen molar-refractivity contribution >= 4 is 5.91 Å². The molecule has 1 aliphatic rings. The second-order valence-electron chi connectivity index (χ2n) is 4.44. The van der Waals surface area contributed by atoms with Crippen LogP contribution in [0.3, 0.4) is 0 Å². The second-order valence-corrected chi connectivity index (χ2v) is 4.44. The van der Waals surface area contributed by atoms with Crippen molar-refractivity contribution in [3.05, 3.63) is 30.1 Å². The van der Waals surface area contributed by atoms with Gasteiger partial charge in [0.25, 0.3) is 0 Å². The van der Waals surface area contributed by atoms with Crippen LogP contribution in [-0.2, 0) is 10.3 Å². The molecule has 4 nitrogen and oxygen atoms in total. The first kappa shape index (κ1) is 11.1. The van der Waals surface area contributed by atoms with Crippen LogP contribution in [0.5, 0.6) is 0 Å². The molecule has 0 aliphatic carbocycles. The van der Waals surface area contributed by atoms with E-state index >= 15 is 0 Å². The molecule has 1 aromatic heterocycles. The van der Waals surface area contributed by atoms with Gasteiger partial charge in [-0.15, -0.1) is 0 Å². The highest BCUT2D eigenvalue weighted by Crippen LogP contribution is 2.39. The number of carbonyl (C=O) groups excluding carboxylic acids is 1. The van der Waals surface area contributed by atoms with Gasteiger partial charge >= 0.3 is 0 Å². The van der Waals surface area contributed by atoms with Gasteiger partial charge in [-0.2, -0.15) is 0 Å². The quantitative estimate of drug-likeness (QED) is 0.803. The number of rotatable bonds is 2. The predicted octanol–water partition coefficient (Wildman–Crippen LogP) is 0.876. The third-order valence-corrected chi connectivity index (χ3v) is 3.68. The summed E-state index contributed by atoms with van der Waals surface area (Å²) in [5.41, 5.74) is 5.63. The Hall–Kier alpha value is -1.42. The summed E-state index contributed by atoms with van der Waals surface area (Å²) < 4.78 is 0. The third kappa shape index (κ3) is 1.41. The monoisotopic (exact) mass is 219 g/mol. The molecular weight excluding hydrogens is 202 g/mol.